The van der Waals surface area contributed by atoms with E-state index in [1.807, 2.05) is 6.07 Å². The summed E-state index contributed by atoms with van der Waals surface area (Å²) in [4.78, 5) is 25.2. The summed E-state index contributed by atoms with van der Waals surface area (Å²) in [5.41, 5.74) is 0.846. The summed E-state index contributed by atoms with van der Waals surface area (Å²) >= 11 is 3.28. The van der Waals surface area contributed by atoms with Gasteiger partial charge in [0.05, 0.1) is 0 Å². The molecule has 0 saturated carbocycles. The molecule has 86 valence electrons. The number of ketones is 1. The number of carboxylic acid groups (broad SMARTS) is 1. The van der Waals surface area contributed by atoms with Crippen molar-refractivity contribution in [2.24, 2.45) is 0 Å². The molecule has 0 aliphatic carbocycles. The van der Waals surface area contributed by atoms with Crippen molar-refractivity contribution in [2.75, 3.05) is 0 Å². The van der Waals surface area contributed by atoms with Crippen LogP contribution in [0.3, 0.4) is 0 Å². The number of halogens is 1. The third-order valence-electron chi connectivity index (χ3n) is 2.26. The van der Waals surface area contributed by atoms with Gasteiger partial charge in [-0.1, -0.05) is 28.1 Å². The normalized spacial score (nSPS) is 10.2. The van der Waals surface area contributed by atoms with E-state index in [1.165, 1.54) is 12.3 Å². The van der Waals surface area contributed by atoms with Gasteiger partial charge in [0, 0.05) is 21.8 Å². The lowest BCUT2D eigenvalue weighted by molar-refractivity contribution is 0.0691. The van der Waals surface area contributed by atoms with Crippen LogP contribution in [-0.4, -0.2) is 21.8 Å². The van der Waals surface area contributed by atoms with Crippen molar-refractivity contribution in [3.8, 4) is 0 Å². The van der Waals surface area contributed by atoms with Crippen molar-refractivity contribution in [2.45, 2.75) is 0 Å². The number of benzene rings is 1. The fourth-order valence-electron chi connectivity index (χ4n) is 1.45. The summed E-state index contributed by atoms with van der Waals surface area (Å²) in [7, 11) is 0. The van der Waals surface area contributed by atoms with Gasteiger partial charge in [0.2, 0.25) is 0 Å². The lowest BCUT2D eigenvalue weighted by Crippen LogP contribution is -1.99. The number of aromatic amines is 1. The SMILES string of the molecule is O=C(c1cccc(Br)c1)c1c[nH]c(C(=O)O)c1. The third kappa shape index (κ3) is 2.45. The van der Waals surface area contributed by atoms with Crippen LogP contribution in [0.25, 0.3) is 0 Å². The van der Waals surface area contributed by atoms with Crippen LogP contribution in [0.2, 0.25) is 0 Å². The molecule has 4 nitrogen and oxygen atoms in total. The zero-order valence-corrected chi connectivity index (χ0v) is 10.2. The fraction of sp³-hybridized carbons (Fsp3) is 0. The molecule has 0 radical (unpaired) electrons. The molecular weight excluding hydrogens is 286 g/mol. The second kappa shape index (κ2) is 4.55. The van der Waals surface area contributed by atoms with Crippen LogP contribution < -0.4 is 0 Å². The van der Waals surface area contributed by atoms with Crippen molar-refractivity contribution in [1.29, 1.82) is 0 Å². The Bertz CT molecular complexity index is 589. The van der Waals surface area contributed by atoms with Gasteiger partial charge < -0.3 is 10.1 Å². The largest absolute Gasteiger partial charge is 0.477 e. The molecule has 1 aromatic carbocycles. The van der Waals surface area contributed by atoms with Gasteiger partial charge >= 0.3 is 5.97 Å². The first kappa shape index (κ1) is 11.6. The molecule has 2 rings (SSSR count). The number of rotatable bonds is 3. The smallest absolute Gasteiger partial charge is 0.352 e. The van der Waals surface area contributed by atoms with Gasteiger partial charge in [0.15, 0.2) is 5.78 Å². The molecule has 17 heavy (non-hydrogen) atoms. The van der Waals surface area contributed by atoms with Gasteiger partial charge in [-0.25, -0.2) is 4.79 Å². The van der Waals surface area contributed by atoms with Gasteiger partial charge in [0.1, 0.15) is 5.69 Å². The Hall–Kier alpha value is -1.88. The highest BCUT2D eigenvalue weighted by atomic mass is 79.9. The lowest BCUT2D eigenvalue weighted by Gasteiger charge is -1.98. The molecule has 0 fully saturated rings. The highest BCUT2D eigenvalue weighted by Crippen LogP contribution is 2.16. The molecular formula is C12H8BrNO3. The van der Waals surface area contributed by atoms with Gasteiger partial charge in [-0.3, -0.25) is 4.79 Å². The first-order valence-corrected chi connectivity index (χ1v) is 5.59. The van der Waals surface area contributed by atoms with Crippen molar-refractivity contribution < 1.29 is 14.7 Å². The van der Waals surface area contributed by atoms with E-state index in [4.69, 9.17) is 5.11 Å². The second-order valence-electron chi connectivity index (χ2n) is 3.45. The number of H-pyrrole nitrogens is 1. The zero-order valence-electron chi connectivity index (χ0n) is 8.61. The average molecular weight is 294 g/mol. The van der Waals surface area contributed by atoms with Crippen LogP contribution in [0.1, 0.15) is 26.4 Å². The Balaban J connectivity index is 2.34. The van der Waals surface area contributed by atoms with E-state index in [2.05, 4.69) is 20.9 Å². The number of carbonyl (C=O) groups is 2. The van der Waals surface area contributed by atoms with E-state index in [1.54, 1.807) is 18.2 Å². The number of hydrogen-bond donors (Lipinski definition) is 2. The molecule has 1 aromatic heterocycles. The van der Waals surface area contributed by atoms with E-state index in [0.717, 1.165) is 4.47 Å². The molecule has 0 aliphatic heterocycles. The number of hydrogen-bond acceptors (Lipinski definition) is 2. The number of carbonyl (C=O) groups excluding carboxylic acids is 1. The topological polar surface area (TPSA) is 70.2 Å². The molecule has 1 heterocycles. The lowest BCUT2D eigenvalue weighted by atomic mass is 10.1. The maximum absolute atomic E-state index is 12.0. The highest BCUT2D eigenvalue weighted by Gasteiger charge is 2.13. The van der Waals surface area contributed by atoms with E-state index in [9.17, 15) is 9.59 Å². The Kier molecular flexibility index (Phi) is 3.10. The molecule has 0 saturated heterocycles. The van der Waals surface area contributed by atoms with Crippen LogP contribution in [0.5, 0.6) is 0 Å². The zero-order chi connectivity index (χ0) is 12.4. The Labute approximate surface area is 105 Å². The maximum atomic E-state index is 12.0. The van der Waals surface area contributed by atoms with Crippen LogP contribution in [0.4, 0.5) is 0 Å². The fourth-order valence-corrected chi connectivity index (χ4v) is 1.84. The Morgan fingerprint density at radius 2 is 1.94 bits per heavy atom. The predicted molar refractivity (Wildman–Crippen MR) is 65.3 cm³/mol. The minimum atomic E-state index is -1.08. The van der Waals surface area contributed by atoms with Crippen molar-refractivity contribution >= 4 is 27.7 Å². The molecule has 2 N–H and O–H groups in total. The van der Waals surface area contributed by atoms with Crippen molar-refractivity contribution in [3.63, 3.8) is 0 Å². The summed E-state index contributed by atoms with van der Waals surface area (Å²) in [5, 5.41) is 8.74. The summed E-state index contributed by atoms with van der Waals surface area (Å²) in [6.45, 7) is 0. The monoisotopic (exact) mass is 293 g/mol. The Morgan fingerprint density at radius 1 is 1.18 bits per heavy atom. The molecule has 0 amide bonds. The molecule has 0 aliphatic rings. The molecule has 0 bridgehead atoms. The standard InChI is InChI=1S/C12H8BrNO3/c13-9-3-1-2-7(4-9)11(15)8-5-10(12(16)17)14-6-8/h1-6,14H,(H,16,17). The van der Waals surface area contributed by atoms with Crippen molar-refractivity contribution in [3.05, 3.63) is 57.8 Å². The Morgan fingerprint density at radius 3 is 2.53 bits per heavy atom. The van der Waals surface area contributed by atoms with Gasteiger partial charge in [-0.15, -0.1) is 0 Å². The van der Waals surface area contributed by atoms with Crippen LogP contribution in [0, 0.1) is 0 Å². The average Bonchev–Trinajstić information content (AvgIpc) is 2.77. The minimum Gasteiger partial charge on any atom is -0.477 e. The quantitative estimate of drug-likeness (QED) is 0.855. The minimum absolute atomic E-state index is 0.00310. The third-order valence-corrected chi connectivity index (χ3v) is 2.76. The van der Waals surface area contributed by atoms with Gasteiger partial charge in [-0.05, 0) is 18.2 Å². The predicted octanol–water partition coefficient (Wildman–Crippen LogP) is 2.71. The number of carboxylic acids is 1. The van der Waals surface area contributed by atoms with Crippen molar-refractivity contribution in [1.82, 2.24) is 4.98 Å². The van der Waals surface area contributed by atoms with Gasteiger partial charge in [0.25, 0.3) is 0 Å². The molecule has 5 heteroatoms. The number of aromatic carboxylic acids is 1. The molecule has 0 unspecified atom stereocenters. The maximum Gasteiger partial charge on any atom is 0.352 e. The number of nitrogens with one attached hydrogen (secondary N) is 1. The number of aromatic nitrogens is 1. The second-order valence-corrected chi connectivity index (χ2v) is 4.36. The van der Waals surface area contributed by atoms with Crippen LogP contribution in [-0.2, 0) is 0 Å². The highest BCUT2D eigenvalue weighted by molar-refractivity contribution is 9.10. The van der Waals surface area contributed by atoms with Crippen LogP contribution >= 0.6 is 15.9 Å². The summed E-state index contributed by atoms with van der Waals surface area (Å²) < 4.78 is 0.803. The summed E-state index contributed by atoms with van der Waals surface area (Å²) in [6.07, 6.45) is 1.40. The summed E-state index contributed by atoms with van der Waals surface area (Å²) in [6, 6.07) is 8.26. The first-order valence-electron chi connectivity index (χ1n) is 4.80. The van der Waals surface area contributed by atoms with E-state index in [0.29, 0.717) is 11.1 Å². The van der Waals surface area contributed by atoms with E-state index < -0.39 is 5.97 Å². The van der Waals surface area contributed by atoms with E-state index in [-0.39, 0.29) is 11.5 Å². The summed E-state index contributed by atoms with van der Waals surface area (Å²) in [5.74, 6) is -1.30. The molecule has 0 spiro atoms. The first-order chi connectivity index (χ1) is 8.08. The van der Waals surface area contributed by atoms with Gasteiger partial charge in [-0.2, -0.15) is 0 Å². The van der Waals surface area contributed by atoms with Crippen LogP contribution in [0.15, 0.2) is 41.0 Å². The molecule has 0 atom stereocenters. The van der Waals surface area contributed by atoms with E-state index >= 15 is 0 Å². The molecule has 2 aromatic rings.